The molecule has 0 aromatic carbocycles. The van der Waals surface area contributed by atoms with Crippen molar-refractivity contribution in [1.82, 2.24) is 20.2 Å². The number of aliphatic imine (C=N–C) groups is 1. The van der Waals surface area contributed by atoms with Crippen LogP contribution in [0.4, 0.5) is 0 Å². The Hall–Kier alpha value is -3.14. The molecule has 1 saturated heterocycles. The number of nitrogens with one attached hydrogen (secondary N) is 1. The molecular weight excluding hydrogens is 458 g/mol. The zero-order chi connectivity index (χ0) is 25.9. The maximum absolute atomic E-state index is 13.5. The quantitative estimate of drug-likeness (QED) is 0.610. The van der Waals surface area contributed by atoms with Gasteiger partial charge in [0.05, 0.1) is 24.9 Å². The highest BCUT2D eigenvalue weighted by Gasteiger charge is 2.41. The second kappa shape index (κ2) is 10.5. The van der Waals surface area contributed by atoms with Crippen LogP contribution < -0.4 is 10.1 Å². The molecule has 1 amide bonds. The van der Waals surface area contributed by atoms with Crippen LogP contribution in [0.25, 0.3) is 5.57 Å². The first-order valence-corrected chi connectivity index (χ1v) is 12.3. The molecule has 2 N–H and O–H groups in total. The van der Waals surface area contributed by atoms with Crippen LogP contribution in [0.1, 0.15) is 62.7 Å². The zero-order valence-corrected chi connectivity index (χ0v) is 21.6. The average Bonchev–Trinajstić information content (AvgIpc) is 2.85. The van der Waals surface area contributed by atoms with Gasteiger partial charge in [-0.1, -0.05) is 0 Å². The maximum atomic E-state index is 13.5. The van der Waals surface area contributed by atoms with E-state index in [-0.39, 0.29) is 17.7 Å². The van der Waals surface area contributed by atoms with Crippen molar-refractivity contribution in [2.24, 2.45) is 4.99 Å². The fourth-order valence-corrected chi connectivity index (χ4v) is 4.41. The van der Waals surface area contributed by atoms with Crippen molar-refractivity contribution in [2.45, 2.75) is 58.4 Å². The summed E-state index contributed by atoms with van der Waals surface area (Å²) >= 11 is 0. The van der Waals surface area contributed by atoms with Crippen LogP contribution in [-0.4, -0.2) is 70.2 Å². The Balaban J connectivity index is 1.65. The van der Waals surface area contributed by atoms with Gasteiger partial charge in [0.1, 0.15) is 11.4 Å². The third-order valence-electron chi connectivity index (χ3n) is 6.40. The minimum atomic E-state index is -1.09. The summed E-state index contributed by atoms with van der Waals surface area (Å²) < 4.78 is 11.3. The van der Waals surface area contributed by atoms with Crippen LogP contribution >= 0.6 is 0 Å². The summed E-state index contributed by atoms with van der Waals surface area (Å²) in [4.78, 5) is 29.1. The van der Waals surface area contributed by atoms with Gasteiger partial charge in [-0.15, -0.1) is 0 Å². The number of pyridine rings is 2. The Morgan fingerprint density at radius 1 is 1.22 bits per heavy atom. The highest BCUT2D eigenvalue weighted by Crippen LogP contribution is 2.34. The fraction of sp³-hybridized carbons (Fsp3) is 0.481. The van der Waals surface area contributed by atoms with E-state index >= 15 is 0 Å². The summed E-state index contributed by atoms with van der Waals surface area (Å²) in [7, 11) is 0. The Kier molecular flexibility index (Phi) is 7.54. The number of morpholine rings is 1. The van der Waals surface area contributed by atoms with Gasteiger partial charge in [0.2, 0.25) is 5.88 Å². The molecule has 1 unspecified atom stereocenters. The number of allylic oxidation sites excluding steroid dienone is 1. The lowest BCUT2D eigenvalue weighted by Gasteiger charge is -2.45. The standard InChI is InChI=1S/C27H35N5O4/c1-18(2)36-24-7-6-20(16-29-24)22-15-27(17-30-19(22)3,32-10-12-35-13-11-32)31-25(33)23-14-21(8-9-28-23)26(4,5)34/h6-9,14,16-18,34H,10-13,15H2,1-5H3,(H,31,33). The number of aromatic nitrogens is 2. The number of hydrogen-bond donors (Lipinski definition) is 2. The Bertz CT molecular complexity index is 1150. The van der Waals surface area contributed by atoms with Crippen molar-refractivity contribution in [3.8, 4) is 5.88 Å². The molecule has 9 nitrogen and oxygen atoms in total. The number of hydrogen-bond acceptors (Lipinski definition) is 8. The minimum Gasteiger partial charge on any atom is -0.475 e. The molecule has 1 atom stereocenters. The van der Waals surface area contributed by atoms with Gasteiger partial charge in [-0.3, -0.25) is 19.7 Å². The zero-order valence-electron chi connectivity index (χ0n) is 21.6. The second-order valence-corrected chi connectivity index (χ2v) is 10.0. The third kappa shape index (κ3) is 5.80. The summed E-state index contributed by atoms with van der Waals surface area (Å²) in [5.41, 5.74) is 1.69. The summed E-state index contributed by atoms with van der Waals surface area (Å²) in [5.74, 6) is 0.230. The smallest absolute Gasteiger partial charge is 0.271 e. The molecule has 2 aliphatic rings. The van der Waals surface area contributed by atoms with Crippen molar-refractivity contribution < 1.29 is 19.4 Å². The van der Waals surface area contributed by atoms with Crippen LogP contribution in [-0.2, 0) is 10.3 Å². The molecule has 4 rings (SSSR count). The van der Waals surface area contributed by atoms with E-state index < -0.39 is 11.3 Å². The monoisotopic (exact) mass is 493 g/mol. The number of carbonyl (C=O) groups is 1. The minimum absolute atomic E-state index is 0.0382. The van der Waals surface area contributed by atoms with E-state index in [1.807, 2.05) is 39.1 Å². The summed E-state index contributed by atoms with van der Waals surface area (Å²) in [6, 6.07) is 7.17. The molecule has 1 fully saturated rings. The second-order valence-electron chi connectivity index (χ2n) is 10.0. The normalized spacial score (nSPS) is 21.1. The molecule has 0 radical (unpaired) electrons. The van der Waals surface area contributed by atoms with Crippen LogP contribution in [0, 0.1) is 0 Å². The maximum Gasteiger partial charge on any atom is 0.271 e. The van der Waals surface area contributed by atoms with E-state index in [0.29, 0.717) is 44.2 Å². The van der Waals surface area contributed by atoms with Crippen molar-refractivity contribution in [3.63, 3.8) is 0 Å². The number of amides is 1. The van der Waals surface area contributed by atoms with E-state index in [4.69, 9.17) is 14.5 Å². The average molecular weight is 494 g/mol. The molecule has 0 spiro atoms. The van der Waals surface area contributed by atoms with Crippen molar-refractivity contribution in [1.29, 1.82) is 0 Å². The van der Waals surface area contributed by atoms with Gasteiger partial charge >= 0.3 is 0 Å². The molecule has 9 heteroatoms. The van der Waals surface area contributed by atoms with Gasteiger partial charge in [-0.05, 0) is 69.5 Å². The topological polar surface area (TPSA) is 109 Å². The number of nitrogens with zero attached hydrogens (tertiary/aromatic N) is 4. The van der Waals surface area contributed by atoms with Crippen LogP contribution in [0.3, 0.4) is 0 Å². The first-order valence-electron chi connectivity index (χ1n) is 12.3. The first kappa shape index (κ1) is 25.9. The predicted octanol–water partition coefficient (Wildman–Crippen LogP) is 3.16. The number of aliphatic hydroxyl groups is 1. The van der Waals surface area contributed by atoms with Gasteiger partial charge in [0.25, 0.3) is 5.91 Å². The van der Waals surface area contributed by atoms with Gasteiger partial charge in [0.15, 0.2) is 0 Å². The van der Waals surface area contributed by atoms with Crippen molar-refractivity contribution in [2.75, 3.05) is 26.3 Å². The van der Waals surface area contributed by atoms with Crippen LogP contribution in [0.5, 0.6) is 5.88 Å². The Labute approximate surface area is 212 Å². The van der Waals surface area contributed by atoms with Crippen LogP contribution in [0.15, 0.2) is 47.3 Å². The molecule has 2 aliphatic heterocycles. The van der Waals surface area contributed by atoms with E-state index in [0.717, 1.165) is 16.8 Å². The molecule has 4 heterocycles. The van der Waals surface area contributed by atoms with E-state index in [1.54, 1.807) is 38.4 Å². The Morgan fingerprint density at radius 2 is 1.97 bits per heavy atom. The summed E-state index contributed by atoms with van der Waals surface area (Å²) in [6.45, 7) is 11.7. The highest BCUT2D eigenvalue weighted by molar-refractivity contribution is 5.96. The summed E-state index contributed by atoms with van der Waals surface area (Å²) in [5, 5.41) is 13.6. The lowest BCUT2D eigenvalue weighted by molar-refractivity contribution is -0.00627. The van der Waals surface area contributed by atoms with Crippen molar-refractivity contribution in [3.05, 3.63) is 59.2 Å². The molecule has 0 saturated carbocycles. The van der Waals surface area contributed by atoms with Gasteiger partial charge < -0.3 is 19.9 Å². The van der Waals surface area contributed by atoms with Gasteiger partial charge in [-0.2, -0.15) is 0 Å². The molecule has 0 aliphatic carbocycles. The lowest BCUT2D eigenvalue weighted by Crippen LogP contribution is -2.65. The third-order valence-corrected chi connectivity index (χ3v) is 6.40. The Morgan fingerprint density at radius 3 is 2.61 bits per heavy atom. The van der Waals surface area contributed by atoms with E-state index in [9.17, 15) is 9.90 Å². The SMILES string of the molecule is CC1=C(c2ccc(OC(C)C)nc2)CC(NC(=O)c2cc(C(C)(C)O)ccn2)(N2CCOCC2)C=N1. The van der Waals surface area contributed by atoms with E-state index in [1.165, 1.54) is 0 Å². The summed E-state index contributed by atoms with van der Waals surface area (Å²) in [6.07, 6.45) is 5.69. The fourth-order valence-electron chi connectivity index (χ4n) is 4.41. The van der Waals surface area contributed by atoms with Crippen LogP contribution in [0.2, 0.25) is 0 Å². The van der Waals surface area contributed by atoms with Crippen molar-refractivity contribution >= 4 is 17.7 Å². The molecule has 0 bridgehead atoms. The lowest BCUT2D eigenvalue weighted by atomic mass is 9.90. The largest absolute Gasteiger partial charge is 0.475 e. The first-order chi connectivity index (χ1) is 17.1. The number of rotatable bonds is 7. The molecule has 192 valence electrons. The molecule has 36 heavy (non-hydrogen) atoms. The van der Waals surface area contributed by atoms with E-state index in [2.05, 4.69) is 20.2 Å². The van der Waals surface area contributed by atoms with Gasteiger partial charge in [-0.25, -0.2) is 4.98 Å². The molecule has 2 aromatic rings. The highest BCUT2D eigenvalue weighted by atomic mass is 16.5. The number of ether oxygens (including phenoxy) is 2. The van der Waals surface area contributed by atoms with Gasteiger partial charge in [0, 0.05) is 49.9 Å². The molecule has 2 aromatic heterocycles. The predicted molar refractivity (Wildman–Crippen MR) is 138 cm³/mol. The number of carbonyl (C=O) groups excluding carboxylic acids is 1. The molecular formula is C27H35N5O4.